The minimum absolute atomic E-state index is 0.281. The second-order valence-corrected chi connectivity index (χ2v) is 3.85. The fourth-order valence-corrected chi connectivity index (χ4v) is 1.87. The van der Waals surface area contributed by atoms with E-state index in [0.29, 0.717) is 22.7 Å². The Morgan fingerprint density at radius 3 is 2.87 bits per heavy atom. The van der Waals surface area contributed by atoms with Crippen molar-refractivity contribution < 1.29 is 4.39 Å². The molecule has 15 heavy (non-hydrogen) atoms. The SMILES string of the molecule is NCc1nc(-c2cccc(F)c2)c(Br)[nH]1. The zero-order valence-electron chi connectivity index (χ0n) is 7.80. The number of H-pyrrole nitrogens is 1. The third-order valence-electron chi connectivity index (χ3n) is 2.00. The van der Waals surface area contributed by atoms with Crippen molar-refractivity contribution in [1.82, 2.24) is 9.97 Å². The molecule has 0 saturated carbocycles. The standard InChI is InChI=1S/C10H9BrFN3/c11-10-9(14-8(5-13)15-10)6-2-1-3-7(12)4-6/h1-4H,5,13H2,(H,14,15). The van der Waals surface area contributed by atoms with E-state index in [1.807, 2.05) is 0 Å². The molecule has 0 aliphatic rings. The predicted octanol–water partition coefficient (Wildman–Crippen LogP) is 2.44. The first-order valence-electron chi connectivity index (χ1n) is 4.41. The number of benzene rings is 1. The van der Waals surface area contributed by atoms with Crippen molar-refractivity contribution in [1.29, 1.82) is 0 Å². The van der Waals surface area contributed by atoms with Crippen molar-refractivity contribution in [2.24, 2.45) is 5.73 Å². The summed E-state index contributed by atoms with van der Waals surface area (Å²) in [5.41, 5.74) is 6.85. The summed E-state index contributed by atoms with van der Waals surface area (Å²) in [4.78, 5) is 7.22. The molecule has 1 aromatic carbocycles. The van der Waals surface area contributed by atoms with Crippen LogP contribution < -0.4 is 5.73 Å². The summed E-state index contributed by atoms with van der Waals surface area (Å²) in [5, 5.41) is 0. The third kappa shape index (κ3) is 2.08. The van der Waals surface area contributed by atoms with Crippen LogP contribution in [0.3, 0.4) is 0 Å². The van der Waals surface area contributed by atoms with E-state index in [1.165, 1.54) is 12.1 Å². The lowest BCUT2D eigenvalue weighted by Crippen LogP contribution is -1.97. The third-order valence-corrected chi connectivity index (χ3v) is 2.57. The fraction of sp³-hybridized carbons (Fsp3) is 0.100. The van der Waals surface area contributed by atoms with Gasteiger partial charge in [0.1, 0.15) is 21.9 Å². The summed E-state index contributed by atoms with van der Waals surface area (Å²) in [6.07, 6.45) is 0. The lowest BCUT2D eigenvalue weighted by molar-refractivity contribution is 0.628. The van der Waals surface area contributed by atoms with Crippen molar-refractivity contribution >= 4 is 15.9 Å². The van der Waals surface area contributed by atoms with Crippen LogP contribution in [0.2, 0.25) is 0 Å². The number of rotatable bonds is 2. The Morgan fingerprint density at radius 2 is 2.27 bits per heavy atom. The molecule has 0 radical (unpaired) electrons. The van der Waals surface area contributed by atoms with Crippen molar-refractivity contribution in [2.45, 2.75) is 6.54 Å². The van der Waals surface area contributed by atoms with Gasteiger partial charge in [-0.25, -0.2) is 9.37 Å². The second kappa shape index (κ2) is 4.12. The maximum absolute atomic E-state index is 13.0. The van der Waals surface area contributed by atoms with E-state index < -0.39 is 0 Å². The van der Waals surface area contributed by atoms with Crippen molar-refractivity contribution in [3.63, 3.8) is 0 Å². The van der Waals surface area contributed by atoms with Crippen LogP contribution in [0.25, 0.3) is 11.3 Å². The largest absolute Gasteiger partial charge is 0.335 e. The molecule has 1 heterocycles. The number of nitrogens with two attached hydrogens (primary N) is 1. The van der Waals surface area contributed by atoms with Gasteiger partial charge in [-0.3, -0.25) is 0 Å². The van der Waals surface area contributed by atoms with Crippen LogP contribution in [0.1, 0.15) is 5.82 Å². The number of aromatic amines is 1. The lowest BCUT2D eigenvalue weighted by atomic mass is 10.2. The van der Waals surface area contributed by atoms with Crippen molar-refractivity contribution in [3.8, 4) is 11.3 Å². The Kier molecular flexibility index (Phi) is 2.83. The first-order valence-corrected chi connectivity index (χ1v) is 5.20. The Balaban J connectivity index is 2.48. The van der Waals surface area contributed by atoms with Gasteiger partial charge in [0.15, 0.2) is 0 Å². The molecule has 0 spiro atoms. The van der Waals surface area contributed by atoms with Crippen LogP contribution in [0.15, 0.2) is 28.9 Å². The summed E-state index contributed by atoms with van der Waals surface area (Å²) < 4.78 is 13.7. The van der Waals surface area contributed by atoms with Gasteiger partial charge in [-0.2, -0.15) is 0 Å². The molecular weight excluding hydrogens is 261 g/mol. The van der Waals surface area contributed by atoms with E-state index in [4.69, 9.17) is 5.73 Å². The monoisotopic (exact) mass is 269 g/mol. The van der Waals surface area contributed by atoms with Gasteiger partial charge in [0.2, 0.25) is 0 Å². The summed E-state index contributed by atoms with van der Waals surface area (Å²) in [7, 11) is 0. The van der Waals surface area contributed by atoms with E-state index in [1.54, 1.807) is 12.1 Å². The molecule has 0 bridgehead atoms. The molecule has 3 N–H and O–H groups in total. The molecular formula is C10H9BrFN3. The maximum atomic E-state index is 13.0. The topological polar surface area (TPSA) is 54.7 Å². The Bertz CT molecular complexity index is 481. The van der Waals surface area contributed by atoms with Gasteiger partial charge in [-0.05, 0) is 28.1 Å². The van der Waals surface area contributed by atoms with E-state index in [9.17, 15) is 4.39 Å². The quantitative estimate of drug-likeness (QED) is 0.880. The zero-order valence-corrected chi connectivity index (χ0v) is 9.38. The van der Waals surface area contributed by atoms with Crippen LogP contribution in [-0.2, 0) is 6.54 Å². The highest BCUT2D eigenvalue weighted by Gasteiger charge is 2.09. The van der Waals surface area contributed by atoms with Gasteiger partial charge in [0.25, 0.3) is 0 Å². The van der Waals surface area contributed by atoms with Crippen molar-refractivity contribution in [2.75, 3.05) is 0 Å². The van der Waals surface area contributed by atoms with Crippen molar-refractivity contribution in [3.05, 3.63) is 40.5 Å². The number of halogens is 2. The molecule has 2 aromatic rings. The minimum atomic E-state index is -0.281. The van der Waals surface area contributed by atoms with Gasteiger partial charge < -0.3 is 10.7 Å². The average Bonchev–Trinajstić information content (AvgIpc) is 2.60. The highest BCUT2D eigenvalue weighted by atomic mass is 79.9. The summed E-state index contributed by atoms with van der Waals surface area (Å²) >= 11 is 3.32. The smallest absolute Gasteiger partial charge is 0.123 e. The predicted molar refractivity (Wildman–Crippen MR) is 59.6 cm³/mol. The highest BCUT2D eigenvalue weighted by Crippen LogP contribution is 2.26. The first-order chi connectivity index (χ1) is 7.20. The molecule has 5 heteroatoms. The molecule has 3 nitrogen and oxygen atoms in total. The molecule has 2 rings (SSSR count). The van der Waals surface area contributed by atoms with Crippen LogP contribution in [0.4, 0.5) is 4.39 Å². The average molecular weight is 270 g/mol. The molecule has 1 aromatic heterocycles. The molecule has 0 unspecified atom stereocenters. The van der Waals surface area contributed by atoms with Gasteiger partial charge in [-0.15, -0.1) is 0 Å². The Labute approximate surface area is 94.7 Å². The zero-order chi connectivity index (χ0) is 10.8. The van der Waals surface area contributed by atoms with Crippen LogP contribution >= 0.6 is 15.9 Å². The van der Waals surface area contributed by atoms with Crippen LogP contribution in [0.5, 0.6) is 0 Å². The normalized spacial score (nSPS) is 10.6. The van der Waals surface area contributed by atoms with Crippen LogP contribution in [-0.4, -0.2) is 9.97 Å². The number of hydrogen-bond acceptors (Lipinski definition) is 2. The number of nitrogens with zero attached hydrogens (tertiary/aromatic N) is 1. The van der Waals surface area contributed by atoms with Crippen LogP contribution in [0, 0.1) is 5.82 Å². The Morgan fingerprint density at radius 1 is 1.47 bits per heavy atom. The highest BCUT2D eigenvalue weighted by molar-refractivity contribution is 9.10. The minimum Gasteiger partial charge on any atom is -0.335 e. The molecule has 0 saturated heterocycles. The van der Waals surface area contributed by atoms with E-state index in [-0.39, 0.29) is 5.82 Å². The fourth-order valence-electron chi connectivity index (χ4n) is 1.32. The summed E-state index contributed by atoms with van der Waals surface area (Å²) in [6, 6.07) is 6.27. The van der Waals surface area contributed by atoms with Gasteiger partial charge in [0, 0.05) is 5.56 Å². The number of imidazole rings is 1. The number of nitrogens with one attached hydrogen (secondary N) is 1. The molecule has 78 valence electrons. The number of hydrogen-bond donors (Lipinski definition) is 2. The van der Waals surface area contributed by atoms with Gasteiger partial charge in [0.05, 0.1) is 6.54 Å². The lowest BCUT2D eigenvalue weighted by Gasteiger charge is -1.97. The molecule has 0 aliphatic carbocycles. The maximum Gasteiger partial charge on any atom is 0.123 e. The summed E-state index contributed by atoms with van der Waals surface area (Å²) in [5.74, 6) is 0.387. The van der Waals surface area contributed by atoms with E-state index in [0.717, 1.165) is 5.56 Å². The second-order valence-electron chi connectivity index (χ2n) is 3.06. The van der Waals surface area contributed by atoms with E-state index >= 15 is 0 Å². The molecule has 0 fully saturated rings. The summed E-state index contributed by atoms with van der Waals surface area (Å²) in [6.45, 7) is 0.327. The first kappa shape index (κ1) is 10.3. The number of aromatic nitrogens is 2. The van der Waals surface area contributed by atoms with E-state index in [2.05, 4.69) is 25.9 Å². The molecule has 0 amide bonds. The molecule has 0 atom stereocenters. The molecule has 0 aliphatic heterocycles. The van der Waals surface area contributed by atoms with Gasteiger partial charge in [-0.1, -0.05) is 12.1 Å². The van der Waals surface area contributed by atoms with Gasteiger partial charge >= 0.3 is 0 Å². The Hall–Kier alpha value is -1.20.